The average Bonchev–Trinajstić information content (AvgIpc) is 2.96. The van der Waals surface area contributed by atoms with Crippen molar-refractivity contribution in [2.45, 2.75) is 44.0 Å². The third-order valence-electron chi connectivity index (χ3n) is 2.93. The van der Waals surface area contributed by atoms with Crippen LogP contribution in [0.5, 0.6) is 0 Å². The Bertz CT molecular complexity index is 362. The Balaban J connectivity index is 1.78. The fourth-order valence-corrected chi connectivity index (χ4v) is 2.24. The first-order chi connectivity index (χ1) is 8.13. The van der Waals surface area contributed by atoms with E-state index in [9.17, 15) is 0 Å². The summed E-state index contributed by atoms with van der Waals surface area (Å²) in [6.07, 6.45) is 4.70. The van der Waals surface area contributed by atoms with Gasteiger partial charge in [0.05, 0.1) is 6.54 Å². The first-order valence-corrected chi connectivity index (χ1v) is 7.21. The molecule has 1 fully saturated rings. The van der Waals surface area contributed by atoms with Crippen LogP contribution in [0.1, 0.15) is 32.6 Å². The number of anilines is 1. The fraction of sp³-hybridized carbons (Fsp3) is 0.818. The van der Waals surface area contributed by atoms with Crippen LogP contribution in [0.15, 0.2) is 4.42 Å². The lowest BCUT2D eigenvalue weighted by Crippen LogP contribution is -2.21. The molecular weight excluding hydrogens is 236 g/mol. The molecule has 1 aromatic rings. The molecule has 0 saturated heterocycles. The summed E-state index contributed by atoms with van der Waals surface area (Å²) < 4.78 is 5.90. The van der Waals surface area contributed by atoms with Crippen molar-refractivity contribution in [1.29, 1.82) is 0 Å². The fourth-order valence-electron chi connectivity index (χ4n) is 1.52. The van der Waals surface area contributed by atoms with Crippen molar-refractivity contribution in [3.63, 3.8) is 0 Å². The lowest BCUT2D eigenvalue weighted by atomic mass is 10.4. The highest BCUT2D eigenvalue weighted by molar-refractivity contribution is 8.00. The molecule has 5 nitrogen and oxygen atoms in total. The van der Waals surface area contributed by atoms with Crippen molar-refractivity contribution in [1.82, 2.24) is 15.5 Å². The van der Waals surface area contributed by atoms with Crippen LogP contribution < -0.4 is 10.6 Å². The Labute approximate surface area is 106 Å². The zero-order valence-corrected chi connectivity index (χ0v) is 11.4. The van der Waals surface area contributed by atoms with E-state index < -0.39 is 0 Å². The topological polar surface area (TPSA) is 63.0 Å². The van der Waals surface area contributed by atoms with Crippen molar-refractivity contribution in [3.05, 3.63) is 5.89 Å². The van der Waals surface area contributed by atoms with Crippen molar-refractivity contribution < 1.29 is 4.42 Å². The number of aromatic nitrogens is 2. The molecule has 0 aromatic carbocycles. The molecule has 96 valence electrons. The SMILES string of the molecule is CSC1(CNc2nnc(CNC(C)C)o2)CC1. The summed E-state index contributed by atoms with van der Waals surface area (Å²) in [6.45, 7) is 5.71. The van der Waals surface area contributed by atoms with Crippen LogP contribution in [-0.4, -0.2) is 33.8 Å². The predicted octanol–water partition coefficient (Wildman–Crippen LogP) is 1.88. The second kappa shape index (κ2) is 5.27. The molecule has 1 aliphatic carbocycles. The van der Waals surface area contributed by atoms with E-state index in [1.165, 1.54) is 12.8 Å². The van der Waals surface area contributed by atoms with Crippen LogP contribution in [0.25, 0.3) is 0 Å². The Hall–Kier alpha value is -0.750. The van der Waals surface area contributed by atoms with Gasteiger partial charge in [-0.1, -0.05) is 18.9 Å². The van der Waals surface area contributed by atoms with Crippen LogP contribution in [0.4, 0.5) is 6.01 Å². The summed E-state index contributed by atoms with van der Waals surface area (Å²) in [5, 5.41) is 14.4. The molecule has 0 spiro atoms. The molecule has 6 heteroatoms. The first kappa shape index (κ1) is 12.7. The van der Waals surface area contributed by atoms with Gasteiger partial charge in [0.2, 0.25) is 5.89 Å². The molecule has 2 N–H and O–H groups in total. The molecule has 17 heavy (non-hydrogen) atoms. The summed E-state index contributed by atoms with van der Waals surface area (Å²) in [5.41, 5.74) is 0. The van der Waals surface area contributed by atoms with Crippen molar-refractivity contribution in [2.75, 3.05) is 18.1 Å². The Morgan fingerprint density at radius 2 is 2.18 bits per heavy atom. The van der Waals surface area contributed by atoms with Crippen LogP contribution in [-0.2, 0) is 6.54 Å². The smallest absolute Gasteiger partial charge is 0.315 e. The number of thioether (sulfide) groups is 1. The maximum absolute atomic E-state index is 5.50. The van der Waals surface area contributed by atoms with E-state index in [1.54, 1.807) is 0 Å². The summed E-state index contributed by atoms with van der Waals surface area (Å²) in [7, 11) is 0. The Kier molecular flexibility index (Phi) is 3.93. The lowest BCUT2D eigenvalue weighted by molar-refractivity contribution is 0.458. The maximum Gasteiger partial charge on any atom is 0.315 e. The number of nitrogens with zero attached hydrogens (tertiary/aromatic N) is 2. The van der Waals surface area contributed by atoms with Gasteiger partial charge >= 0.3 is 6.01 Å². The molecule has 0 amide bonds. The zero-order chi connectivity index (χ0) is 12.3. The molecule has 0 aliphatic heterocycles. The van der Waals surface area contributed by atoms with E-state index >= 15 is 0 Å². The van der Waals surface area contributed by atoms with Gasteiger partial charge in [0.15, 0.2) is 0 Å². The minimum atomic E-state index is 0.408. The molecule has 0 atom stereocenters. The van der Waals surface area contributed by atoms with Gasteiger partial charge in [-0.25, -0.2) is 0 Å². The highest BCUT2D eigenvalue weighted by atomic mass is 32.2. The molecule has 1 aromatic heterocycles. The predicted molar refractivity (Wildman–Crippen MR) is 70.2 cm³/mol. The van der Waals surface area contributed by atoms with E-state index in [2.05, 4.69) is 40.9 Å². The first-order valence-electron chi connectivity index (χ1n) is 5.98. The van der Waals surface area contributed by atoms with E-state index in [1.807, 2.05) is 11.8 Å². The third kappa shape index (κ3) is 3.61. The molecule has 0 bridgehead atoms. The van der Waals surface area contributed by atoms with Crippen molar-refractivity contribution >= 4 is 17.8 Å². The normalized spacial score (nSPS) is 17.4. The van der Waals surface area contributed by atoms with E-state index in [4.69, 9.17) is 4.42 Å². The molecule has 0 unspecified atom stereocenters. The third-order valence-corrected chi connectivity index (χ3v) is 4.35. The second-order valence-electron chi connectivity index (χ2n) is 4.78. The van der Waals surface area contributed by atoms with Gasteiger partial charge in [0, 0.05) is 17.3 Å². The lowest BCUT2D eigenvalue weighted by Gasteiger charge is -2.10. The summed E-state index contributed by atoms with van der Waals surface area (Å²) in [5.74, 6) is 0.634. The summed E-state index contributed by atoms with van der Waals surface area (Å²) >= 11 is 1.91. The number of rotatable bonds is 7. The monoisotopic (exact) mass is 256 g/mol. The molecule has 0 radical (unpaired) electrons. The minimum absolute atomic E-state index is 0.408. The van der Waals surface area contributed by atoms with Gasteiger partial charge in [-0.3, -0.25) is 0 Å². The van der Waals surface area contributed by atoms with Gasteiger partial charge in [-0.05, 0) is 19.1 Å². The molecule has 1 saturated carbocycles. The number of hydrogen-bond acceptors (Lipinski definition) is 6. The summed E-state index contributed by atoms with van der Waals surface area (Å²) in [6, 6.07) is 0.954. The van der Waals surface area contributed by atoms with Crippen LogP contribution in [0, 0.1) is 0 Å². The van der Waals surface area contributed by atoms with Crippen LogP contribution >= 0.6 is 11.8 Å². The van der Waals surface area contributed by atoms with Gasteiger partial charge in [-0.15, -0.1) is 5.10 Å². The van der Waals surface area contributed by atoms with Gasteiger partial charge < -0.3 is 15.1 Å². The molecular formula is C11H20N4OS. The van der Waals surface area contributed by atoms with Gasteiger partial charge in [-0.2, -0.15) is 11.8 Å². The van der Waals surface area contributed by atoms with Crippen molar-refractivity contribution in [2.24, 2.45) is 0 Å². The quantitative estimate of drug-likeness (QED) is 0.776. The van der Waals surface area contributed by atoms with Gasteiger partial charge in [0.25, 0.3) is 0 Å². The number of hydrogen-bond donors (Lipinski definition) is 2. The second-order valence-corrected chi connectivity index (χ2v) is 6.05. The Morgan fingerprint density at radius 1 is 1.41 bits per heavy atom. The highest BCUT2D eigenvalue weighted by Gasteiger charge is 2.41. The molecule has 2 rings (SSSR count). The molecule has 1 aliphatic rings. The summed E-state index contributed by atoms with van der Waals surface area (Å²) in [4.78, 5) is 0. The minimum Gasteiger partial charge on any atom is -0.407 e. The largest absolute Gasteiger partial charge is 0.407 e. The average molecular weight is 256 g/mol. The highest BCUT2D eigenvalue weighted by Crippen LogP contribution is 2.46. The molecule has 1 heterocycles. The van der Waals surface area contributed by atoms with Gasteiger partial charge in [0.1, 0.15) is 0 Å². The zero-order valence-electron chi connectivity index (χ0n) is 10.6. The van der Waals surface area contributed by atoms with E-state index in [0.29, 0.717) is 29.2 Å². The standard InChI is InChI=1S/C11H20N4OS/c1-8(2)12-6-9-14-15-10(16-9)13-7-11(17-3)4-5-11/h8,12H,4-7H2,1-3H3,(H,13,15). The van der Waals surface area contributed by atoms with Crippen LogP contribution in [0.3, 0.4) is 0 Å². The van der Waals surface area contributed by atoms with Crippen LogP contribution in [0.2, 0.25) is 0 Å². The van der Waals surface area contributed by atoms with E-state index in [0.717, 1.165) is 6.54 Å². The van der Waals surface area contributed by atoms with Crippen molar-refractivity contribution in [3.8, 4) is 0 Å². The maximum atomic E-state index is 5.50. The number of nitrogens with one attached hydrogen (secondary N) is 2. The van der Waals surface area contributed by atoms with E-state index in [-0.39, 0.29) is 0 Å². The Morgan fingerprint density at radius 3 is 2.76 bits per heavy atom.